The lowest BCUT2D eigenvalue weighted by Gasteiger charge is -2.33. The van der Waals surface area contributed by atoms with E-state index in [1.54, 1.807) is 6.33 Å². The predicted octanol–water partition coefficient (Wildman–Crippen LogP) is 3.80. The number of benzene rings is 2. The zero-order valence-corrected chi connectivity index (χ0v) is 13.9. The number of hydrogen-bond donors (Lipinski definition) is 2. The number of aromatic nitrogens is 3. The number of imidazole rings is 1. The summed E-state index contributed by atoms with van der Waals surface area (Å²) in [5, 5.41) is 1.27. The van der Waals surface area contributed by atoms with Crippen LogP contribution in [0.25, 0.3) is 21.9 Å². The number of rotatable bonds is 1. The zero-order valence-electron chi connectivity index (χ0n) is 13.9. The lowest BCUT2D eigenvalue weighted by molar-refractivity contribution is 0.0675. The molecule has 0 aliphatic carbocycles. The molecule has 0 fully saturated rings. The third-order valence-electron chi connectivity index (χ3n) is 5.26. The maximum Gasteiger partial charge on any atom is 0.254 e. The van der Waals surface area contributed by atoms with Gasteiger partial charge in [-0.1, -0.05) is 18.2 Å². The molecule has 3 heterocycles. The number of fused-ring (bicyclic) bond motifs is 4. The molecule has 4 aromatic rings. The molecule has 1 atom stereocenters. The van der Waals surface area contributed by atoms with Crippen molar-refractivity contribution in [3.63, 3.8) is 0 Å². The molecule has 5 heteroatoms. The Kier molecular flexibility index (Phi) is 2.98. The highest BCUT2D eigenvalue weighted by atomic mass is 16.2. The summed E-state index contributed by atoms with van der Waals surface area (Å²) in [5.41, 5.74) is 6.11. The fourth-order valence-electron chi connectivity index (χ4n) is 3.94. The van der Waals surface area contributed by atoms with Crippen molar-refractivity contribution in [3.8, 4) is 0 Å². The van der Waals surface area contributed by atoms with Crippen LogP contribution in [-0.4, -0.2) is 32.3 Å². The molecule has 1 amide bonds. The summed E-state index contributed by atoms with van der Waals surface area (Å²) in [4.78, 5) is 25.8. The summed E-state index contributed by atoms with van der Waals surface area (Å²) in [6.07, 6.45) is 2.53. The fraction of sp³-hybridized carbons (Fsp3) is 0.200. The number of amides is 1. The number of carbonyl (C=O) groups is 1. The van der Waals surface area contributed by atoms with Crippen molar-refractivity contribution in [2.45, 2.75) is 19.4 Å². The SMILES string of the molecule is C[C@H]1c2[nH]c3ccccc3c2CCN1C(=O)c1ccc2nc[nH]c2c1. The summed E-state index contributed by atoms with van der Waals surface area (Å²) < 4.78 is 0. The van der Waals surface area contributed by atoms with Crippen LogP contribution >= 0.6 is 0 Å². The van der Waals surface area contributed by atoms with Crippen LogP contribution in [0, 0.1) is 0 Å². The van der Waals surface area contributed by atoms with Gasteiger partial charge in [0.05, 0.1) is 23.4 Å². The number of nitrogens with one attached hydrogen (secondary N) is 2. The molecule has 5 rings (SSSR count). The van der Waals surface area contributed by atoms with Gasteiger partial charge in [0.2, 0.25) is 0 Å². The first kappa shape index (κ1) is 14.3. The van der Waals surface area contributed by atoms with Crippen molar-refractivity contribution in [2.24, 2.45) is 0 Å². The van der Waals surface area contributed by atoms with Crippen molar-refractivity contribution in [2.75, 3.05) is 6.54 Å². The minimum Gasteiger partial charge on any atom is -0.356 e. The van der Waals surface area contributed by atoms with Crippen molar-refractivity contribution >= 4 is 27.8 Å². The molecule has 0 radical (unpaired) electrons. The zero-order chi connectivity index (χ0) is 17.0. The fourth-order valence-corrected chi connectivity index (χ4v) is 3.94. The molecule has 0 spiro atoms. The number of para-hydroxylation sites is 1. The molecule has 1 aliphatic heterocycles. The van der Waals surface area contributed by atoms with Crippen molar-refractivity contribution in [3.05, 3.63) is 65.6 Å². The van der Waals surface area contributed by atoms with Crippen LogP contribution < -0.4 is 0 Å². The third-order valence-corrected chi connectivity index (χ3v) is 5.26. The number of aromatic amines is 2. The van der Waals surface area contributed by atoms with Crippen LogP contribution in [0.15, 0.2) is 48.8 Å². The minimum absolute atomic E-state index is 0.0288. The maximum atomic E-state index is 13.1. The van der Waals surface area contributed by atoms with Crippen molar-refractivity contribution < 1.29 is 4.79 Å². The van der Waals surface area contributed by atoms with Gasteiger partial charge in [-0.3, -0.25) is 4.79 Å². The normalized spacial score (nSPS) is 17.2. The maximum absolute atomic E-state index is 13.1. The average molecular weight is 330 g/mol. The predicted molar refractivity (Wildman–Crippen MR) is 97.5 cm³/mol. The molecule has 0 saturated carbocycles. The Labute approximate surface area is 144 Å². The monoisotopic (exact) mass is 330 g/mol. The van der Waals surface area contributed by atoms with E-state index < -0.39 is 0 Å². The Hall–Kier alpha value is -3.08. The topological polar surface area (TPSA) is 64.8 Å². The van der Waals surface area contributed by atoms with E-state index in [1.807, 2.05) is 29.2 Å². The molecular weight excluding hydrogens is 312 g/mol. The quantitative estimate of drug-likeness (QED) is 0.557. The summed E-state index contributed by atoms with van der Waals surface area (Å²) in [6.45, 7) is 2.83. The van der Waals surface area contributed by atoms with Crippen LogP contribution in [0.4, 0.5) is 0 Å². The minimum atomic E-state index is 0.0288. The highest BCUT2D eigenvalue weighted by Gasteiger charge is 2.30. The number of H-pyrrole nitrogens is 2. The van der Waals surface area contributed by atoms with Crippen LogP contribution in [0.3, 0.4) is 0 Å². The van der Waals surface area contributed by atoms with Crippen LogP contribution in [0.1, 0.15) is 34.6 Å². The number of hydrogen-bond acceptors (Lipinski definition) is 2. The van der Waals surface area contributed by atoms with Crippen molar-refractivity contribution in [1.29, 1.82) is 0 Å². The Morgan fingerprint density at radius 1 is 1.20 bits per heavy atom. The molecule has 124 valence electrons. The van der Waals surface area contributed by atoms with E-state index in [1.165, 1.54) is 10.9 Å². The molecule has 5 nitrogen and oxygen atoms in total. The molecule has 0 bridgehead atoms. The van der Waals surface area contributed by atoms with Gasteiger partial charge in [0.1, 0.15) is 0 Å². The van der Waals surface area contributed by atoms with Crippen LogP contribution in [-0.2, 0) is 6.42 Å². The summed E-state index contributed by atoms with van der Waals surface area (Å²) in [6, 6.07) is 14.0. The van der Waals surface area contributed by atoms with E-state index >= 15 is 0 Å². The van der Waals surface area contributed by atoms with E-state index in [9.17, 15) is 4.79 Å². The highest BCUT2D eigenvalue weighted by molar-refractivity contribution is 5.98. The van der Waals surface area contributed by atoms with Gasteiger partial charge in [-0.25, -0.2) is 4.98 Å². The average Bonchev–Trinajstić information content (AvgIpc) is 3.25. The van der Waals surface area contributed by atoms with Gasteiger partial charge >= 0.3 is 0 Å². The largest absolute Gasteiger partial charge is 0.356 e. The lowest BCUT2D eigenvalue weighted by Crippen LogP contribution is -2.38. The van der Waals surface area contributed by atoms with Gasteiger partial charge in [0.25, 0.3) is 5.91 Å². The summed E-state index contributed by atoms with van der Waals surface area (Å²) >= 11 is 0. The van der Waals surface area contributed by atoms with Crippen molar-refractivity contribution in [1.82, 2.24) is 19.9 Å². The Bertz CT molecular complexity index is 1110. The second-order valence-corrected chi connectivity index (χ2v) is 6.62. The van der Waals surface area contributed by atoms with E-state index in [-0.39, 0.29) is 11.9 Å². The second-order valence-electron chi connectivity index (χ2n) is 6.62. The number of nitrogens with zero attached hydrogens (tertiary/aromatic N) is 2. The third kappa shape index (κ3) is 2.09. The lowest BCUT2D eigenvalue weighted by atomic mass is 9.97. The van der Waals surface area contributed by atoms with Crippen LogP contribution in [0.5, 0.6) is 0 Å². The Morgan fingerprint density at radius 2 is 2.08 bits per heavy atom. The smallest absolute Gasteiger partial charge is 0.254 e. The van der Waals surface area contributed by atoms with Gasteiger partial charge in [-0.15, -0.1) is 0 Å². The van der Waals surface area contributed by atoms with Gasteiger partial charge in [0.15, 0.2) is 0 Å². The molecule has 2 aromatic heterocycles. The van der Waals surface area contributed by atoms with Gasteiger partial charge < -0.3 is 14.9 Å². The standard InChI is InChI=1S/C20H18N4O/c1-12-19-15(14-4-2-3-5-16(14)23-19)8-9-24(12)20(25)13-6-7-17-18(10-13)22-11-21-17/h2-7,10-12,23H,8-9H2,1H3,(H,21,22)/t12-/m0/s1. The first-order valence-corrected chi connectivity index (χ1v) is 8.56. The number of carbonyl (C=O) groups excluding carboxylic acids is 1. The second kappa shape index (κ2) is 5.21. The van der Waals surface area contributed by atoms with Gasteiger partial charge in [0, 0.05) is 28.7 Å². The van der Waals surface area contributed by atoms with E-state index in [4.69, 9.17) is 0 Å². The summed E-state index contributed by atoms with van der Waals surface area (Å²) in [5.74, 6) is 0.0632. The van der Waals surface area contributed by atoms with E-state index in [2.05, 4.69) is 40.1 Å². The highest BCUT2D eigenvalue weighted by Crippen LogP contribution is 2.35. The Morgan fingerprint density at radius 3 is 3.00 bits per heavy atom. The van der Waals surface area contributed by atoms with Crippen LogP contribution in [0.2, 0.25) is 0 Å². The molecule has 25 heavy (non-hydrogen) atoms. The molecule has 2 aromatic carbocycles. The van der Waals surface area contributed by atoms with E-state index in [0.717, 1.165) is 35.2 Å². The Balaban J connectivity index is 1.53. The first-order chi connectivity index (χ1) is 12.2. The molecule has 2 N–H and O–H groups in total. The van der Waals surface area contributed by atoms with Gasteiger partial charge in [-0.2, -0.15) is 0 Å². The summed E-state index contributed by atoms with van der Waals surface area (Å²) in [7, 11) is 0. The van der Waals surface area contributed by atoms with Gasteiger partial charge in [-0.05, 0) is 43.2 Å². The molecule has 1 aliphatic rings. The first-order valence-electron chi connectivity index (χ1n) is 8.56. The molecular formula is C20H18N4O. The molecule has 0 unspecified atom stereocenters. The van der Waals surface area contributed by atoms with E-state index in [0.29, 0.717) is 5.56 Å². The molecule has 0 saturated heterocycles.